The van der Waals surface area contributed by atoms with Gasteiger partial charge in [-0.25, -0.2) is 0 Å². The lowest BCUT2D eigenvalue weighted by Crippen LogP contribution is -2.36. The van der Waals surface area contributed by atoms with Crippen LogP contribution in [0.3, 0.4) is 0 Å². The molecule has 0 aliphatic carbocycles. The van der Waals surface area contributed by atoms with E-state index in [2.05, 4.69) is 26.6 Å². The number of carbonyl (C=O) groups is 2. The lowest BCUT2D eigenvalue weighted by atomic mass is 10.2. The second-order valence-electron chi connectivity index (χ2n) is 4.94. The predicted molar refractivity (Wildman–Crippen MR) is 86.2 cm³/mol. The normalized spacial score (nSPS) is 10.5. The van der Waals surface area contributed by atoms with Crippen molar-refractivity contribution in [3.63, 3.8) is 0 Å². The molecule has 0 atom stereocenters. The molecule has 1 aromatic carbocycles. The molecule has 5 nitrogen and oxygen atoms in total. The van der Waals surface area contributed by atoms with Crippen molar-refractivity contribution >= 4 is 33.4 Å². The molecule has 1 rings (SSSR count). The van der Waals surface area contributed by atoms with E-state index >= 15 is 0 Å². The molecule has 0 aromatic heterocycles. The van der Waals surface area contributed by atoms with E-state index in [9.17, 15) is 9.59 Å². The van der Waals surface area contributed by atoms with Crippen molar-refractivity contribution in [2.24, 2.45) is 0 Å². The first-order valence-corrected chi connectivity index (χ1v) is 7.66. The molecule has 0 heterocycles. The van der Waals surface area contributed by atoms with Crippen LogP contribution in [0.5, 0.6) is 0 Å². The molecule has 116 valence electrons. The number of hydrogen-bond acceptors (Lipinski definition) is 3. The molecule has 0 bridgehead atoms. The highest BCUT2D eigenvalue weighted by Crippen LogP contribution is 2.19. The SMILES string of the molecule is Cc1cc(Br)ccc1NC(=O)C(=O)NCCCOC(C)C. The van der Waals surface area contributed by atoms with Gasteiger partial charge in [0, 0.05) is 23.3 Å². The maximum absolute atomic E-state index is 11.8. The highest BCUT2D eigenvalue weighted by Gasteiger charge is 2.14. The van der Waals surface area contributed by atoms with E-state index in [4.69, 9.17) is 4.74 Å². The van der Waals surface area contributed by atoms with Crippen LogP contribution < -0.4 is 10.6 Å². The third-order valence-corrected chi connectivity index (χ3v) is 3.19. The smallest absolute Gasteiger partial charge is 0.313 e. The second kappa shape index (κ2) is 8.79. The van der Waals surface area contributed by atoms with Crippen LogP contribution in [0.1, 0.15) is 25.8 Å². The number of aryl methyl sites for hydroxylation is 1. The zero-order valence-corrected chi connectivity index (χ0v) is 14.1. The van der Waals surface area contributed by atoms with Gasteiger partial charge in [-0.05, 0) is 51.0 Å². The zero-order valence-electron chi connectivity index (χ0n) is 12.5. The highest BCUT2D eigenvalue weighted by atomic mass is 79.9. The predicted octanol–water partition coefficient (Wildman–Crippen LogP) is 2.63. The molecular formula is C15H21BrN2O3. The number of nitrogens with one attached hydrogen (secondary N) is 2. The summed E-state index contributed by atoms with van der Waals surface area (Å²) in [7, 11) is 0. The van der Waals surface area contributed by atoms with Gasteiger partial charge in [0.15, 0.2) is 0 Å². The Morgan fingerprint density at radius 1 is 1.29 bits per heavy atom. The summed E-state index contributed by atoms with van der Waals surface area (Å²) in [6, 6.07) is 5.43. The zero-order chi connectivity index (χ0) is 15.8. The van der Waals surface area contributed by atoms with Gasteiger partial charge < -0.3 is 15.4 Å². The quantitative estimate of drug-likeness (QED) is 0.608. The number of halogens is 1. The summed E-state index contributed by atoms with van der Waals surface area (Å²) in [5, 5.41) is 5.16. The Balaban J connectivity index is 2.36. The lowest BCUT2D eigenvalue weighted by Gasteiger charge is -2.10. The number of benzene rings is 1. The number of carbonyl (C=O) groups excluding carboxylic acids is 2. The summed E-state index contributed by atoms with van der Waals surface area (Å²) in [5.74, 6) is -1.30. The molecule has 0 aliphatic heterocycles. The Morgan fingerprint density at radius 2 is 2.00 bits per heavy atom. The minimum absolute atomic E-state index is 0.171. The van der Waals surface area contributed by atoms with Crippen molar-refractivity contribution in [2.45, 2.75) is 33.3 Å². The van der Waals surface area contributed by atoms with Crippen molar-refractivity contribution in [2.75, 3.05) is 18.5 Å². The standard InChI is InChI=1S/C15H21BrN2O3/c1-10(2)21-8-4-7-17-14(19)15(20)18-13-6-5-12(16)9-11(13)3/h5-6,9-10H,4,7-8H2,1-3H3,(H,17,19)(H,18,20). The summed E-state index contributed by atoms with van der Waals surface area (Å²) in [5.41, 5.74) is 1.51. The first-order valence-electron chi connectivity index (χ1n) is 6.87. The summed E-state index contributed by atoms with van der Waals surface area (Å²) < 4.78 is 6.27. The van der Waals surface area contributed by atoms with Crippen LogP contribution in [-0.2, 0) is 14.3 Å². The van der Waals surface area contributed by atoms with Crippen molar-refractivity contribution < 1.29 is 14.3 Å². The van der Waals surface area contributed by atoms with Gasteiger partial charge in [-0.3, -0.25) is 9.59 Å². The van der Waals surface area contributed by atoms with Crippen molar-refractivity contribution in [1.29, 1.82) is 0 Å². The first-order chi connectivity index (χ1) is 9.90. The molecule has 0 unspecified atom stereocenters. The van der Waals surface area contributed by atoms with Crippen molar-refractivity contribution in [3.05, 3.63) is 28.2 Å². The van der Waals surface area contributed by atoms with E-state index in [0.29, 0.717) is 25.3 Å². The van der Waals surface area contributed by atoms with Crippen LogP contribution in [0, 0.1) is 6.92 Å². The van der Waals surface area contributed by atoms with E-state index in [0.717, 1.165) is 10.0 Å². The number of rotatable bonds is 6. The van der Waals surface area contributed by atoms with Crippen LogP contribution in [0.4, 0.5) is 5.69 Å². The fraction of sp³-hybridized carbons (Fsp3) is 0.467. The van der Waals surface area contributed by atoms with Crippen LogP contribution >= 0.6 is 15.9 Å². The average Bonchev–Trinajstić information content (AvgIpc) is 2.40. The van der Waals surface area contributed by atoms with Gasteiger partial charge in [0.2, 0.25) is 0 Å². The molecule has 0 radical (unpaired) electrons. The molecule has 2 N–H and O–H groups in total. The number of anilines is 1. The monoisotopic (exact) mass is 356 g/mol. The van der Waals surface area contributed by atoms with Crippen LogP contribution in [0.2, 0.25) is 0 Å². The van der Waals surface area contributed by atoms with Crippen molar-refractivity contribution in [1.82, 2.24) is 5.32 Å². The minimum Gasteiger partial charge on any atom is -0.379 e. The fourth-order valence-corrected chi connectivity index (χ4v) is 2.10. The molecule has 1 aromatic rings. The molecule has 0 spiro atoms. The highest BCUT2D eigenvalue weighted by molar-refractivity contribution is 9.10. The molecule has 2 amide bonds. The fourth-order valence-electron chi connectivity index (χ4n) is 1.62. The van der Waals surface area contributed by atoms with E-state index < -0.39 is 11.8 Å². The van der Waals surface area contributed by atoms with E-state index in [1.54, 1.807) is 6.07 Å². The van der Waals surface area contributed by atoms with Gasteiger partial charge in [-0.1, -0.05) is 15.9 Å². The van der Waals surface area contributed by atoms with Gasteiger partial charge in [-0.2, -0.15) is 0 Å². The molecule has 0 aliphatic rings. The van der Waals surface area contributed by atoms with Gasteiger partial charge in [0.05, 0.1) is 6.10 Å². The van der Waals surface area contributed by atoms with Gasteiger partial charge in [-0.15, -0.1) is 0 Å². The van der Waals surface area contributed by atoms with Gasteiger partial charge >= 0.3 is 11.8 Å². The van der Waals surface area contributed by atoms with Crippen LogP contribution in [-0.4, -0.2) is 31.1 Å². The summed E-state index contributed by atoms with van der Waals surface area (Å²) in [6.07, 6.45) is 0.846. The van der Waals surface area contributed by atoms with E-state index in [1.165, 1.54) is 0 Å². The summed E-state index contributed by atoms with van der Waals surface area (Å²) in [6.45, 7) is 6.74. The van der Waals surface area contributed by atoms with E-state index in [1.807, 2.05) is 32.9 Å². The van der Waals surface area contributed by atoms with Crippen LogP contribution in [0.15, 0.2) is 22.7 Å². The minimum atomic E-state index is -0.662. The Morgan fingerprint density at radius 3 is 2.62 bits per heavy atom. The topological polar surface area (TPSA) is 67.4 Å². The van der Waals surface area contributed by atoms with Gasteiger partial charge in [0.1, 0.15) is 0 Å². The Labute approximate surface area is 133 Å². The third kappa shape index (κ3) is 6.73. The first kappa shape index (κ1) is 17.7. The Bertz CT molecular complexity index is 504. The van der Waals surface area contributed by atoms with Crippen molar-refractivity contribution in [3.8, 4) is 0 Å². The number of ether oxygens (including phenoxy) is 1. The number of hydrogen-bond donors (Lipinski definition) is 2. The Kier molecular flexibility index (Phi) is 7.39. The molecule has 0 fully saturated rings. The molecule has 6 heteroatoms. The van der Waals surface area contributed by atoms with Gasteiger partial charge in [0.25, 0.3) is 0 Å². The molecule has 21 heavy (non-hydrogen) atoms. The molecule has 0 saturated carbocycles. The number of amides is 2. The maximum Gasteiger partial charge on any atom is 0.313 e. The van der Waals surface area contributed by atoms with E-state index in [-0.39, 0.29) is 6.10 Å². The summed E-state index contributed by atoms with van der Waals surface area (Å²) in [4.78, 5) is 23.4. The second-order valence-corrected chi connectivity index (χ2v) is 5.86. The molecule has 0 saturated heterocycles. The largest absolute Gasteiger partial charge is 0.379 e. The summed E-state index contributed by atoms with van der Waals surface area (Å²) >= 11 is 3.35. The Hall–Kier alpha value is -1.40. The average molecular weight is 357 g/mol. The molecular weight excluding hydrogens is 336 g/mol. The third-order valence-electron chi connectivity index (χ3n) is 2.70. The maximum atomic E-state index is 11.8. The lowest BCUT2D eigenvalue weighted by molar-refractivity contribution is -0.136. The van der Waals surface area contributed by atoms with Crippen LogP contribution in [0.25, 0.3) is 0 Å².